The van der Waals surface area contributed by atoms with Gasteiger partial charge >= 0.3 is 0 Å². The average molecular weight is 348 g/mol. The number of aromatic nitrogens is 5. The van der Waals surface area contributed by atoms with Crippen molar-refractivity contribution in [2.24, 2.45) is 13.0 Å². The van der Waals surface area contributed by atoms with Crippen LogP contribution in [0, 0.1) is 5.92 Å². The van der Waals surface area contributed by atoms with Crippen LogP contribution in [0.25, 0.3) is 11.5 Å². The molecule has 4 rings (SSSR count). The highest BCUT2D eigenvalue weighted by atomic mass is 16.2. The molecule has 0 bridgehead atoms. The first-order valence-corrected chi connectivity index (χ1v) is 8.68. The Kier molecular flexibility index (Phi) is 4.43. The van der Waals surface area contributed by atoms with E-state index >= 15 is 0 Å². The minimum Gasteiger partial charge on any atom is -0.338 e. The van der Waals surface area contributed by atoms with Gasteiger partial charge in [-0.25, -0.2) is 9.97 Å². The number of pyridine rings is 1. The van der Waals surface area contributed by atoms with E-state index < -0.39 is 0 Å². The topological polar surface area (TPSA) is 76.8 Å². The molecule has 0 aromatic carbocycles. The number of hydrogen-bond donors (Lipinski definition) is 0. The van der Waals surface area contributed by atoms with Crippen LogP contribution in [0.5, 0.6) is 0 Å². The van der Waals surface area contributed by atoms with Crippen LogP contribution in [-0.4, -0.2) is 48.4 Å². The number of hydrogen-bond acceptors (Lipinski definition) is 5. The van der Waals surface area contributed by atoms with Gasteiger partial charge in [0.15, 0.2) is 5.82 Å². The van der Waals surface area contributed by atoms with Gasteiger partial charge in [0.1, 0.15) is 5.69 Å². The van der Waals surface area contributed by atoms with E-state index in [1.807, 2.05) is 22.7 Å². The highest BCUT2D eigenvalue weighted by Gasteiger charge is 2.27. The Hall–Kier alpha value is -3.09. The predicted molar refractivity (Wildman–Crippen MR) is 96.2 cm³/mol. The molecule has 0 radical (unpaired) electrons. The molecule has 0 aliphatic carbocycles. The number of carbonyl (C=O) groups excluding carboxylic acids is 1. The minimum absolute atomic E-state index is 0.0720. The molecule has 0 N–H and O–H groups in total. The summed E-state index contributed by atoms with van der Waals surface area (Å²) in [7, 11) is 1.94. The molecule has 7 nitrogen and oxygen atoms in total. The van der Waals surface area contributed by atoms with E-state index in [0.717, 1.165) is 43.1 Å². The summed E-state index contributed by atoms with van der Waals surface area (Å²) in [6, 6.07) is 3.52. The number of nitrogens with zero attached hydrogens (tertiary/aromatic N) is 6. The molecule has 0 spiro atoms. The lowest BCUT2D eigenvalue weighted by molar-refractivity contribution is 0.0787. The smallest absolute Gasteiger partial charge is 0.253 e. The maximum atomic E-state index is 12.6. The fourth-order valence-corrected chi connectivity index (χ4v) is 3.38. The summed E-state index contributed by atoms with van der Waals surface area (Å²) in [6.45, 7) is 1.52. The lowest BCUT2D eigenvalue weighted by Crippen LogP contribution is -2.29. The first kappa shape index (κ1) is 16.4. The fraction of sp³-hybridized carbons (Fsp3) is 0.316. The SMILES string of the molecule is Cn1ccnc1-c1cncc(CC2CCN(C(=O)c3ccncc3)C2)n1. The number of imidazole rings is 1. The van der Waals surface area contributed by atoms with Gasteiger partial charge in [0.05, 0.1) is 11.9 Å². The van der Waals surface area contributed by atoms with Gasteiger partial charge in [-0.05, 0) is 30.9 Å². The Labute approximate surface area is 151 Å². The summed E-state index contributed by atoms with van der Waals surface area (Å²) in [5.41, 5.74) is 2.41. The summed E-state index contributed by atoms with van der Waals surface area (Å²) in [5.74, 6) is 1.27. The molecule has 7 heteroatoms. The van der Waals surface area contributed by atoms with Crippen LogP contribution in [0.2, 0.25) is 0 Å². The molecule has 132 valence electrons. The van der Waals surface area contributed by atoms with Crippen molar-refractivity contribution in [3.63, 3.8) is 0 Å². The van der Waals surface area contributed by atoms with Gasteiger partial charge in [-0.3, -0.25) is 14.8 Å². The second kappa shape index (κ2) is 7.03. The third-order valence-corrected chi connectivity index (χ3v) is 4.73. The van der Waals surface area contributed by atoms with Crippen molar-refractivity contribution < 1.29 is 4.79 Å². The van der Waals surface area contributed by atoms with Crippen LogP contribution >= 0.6 is 0 Å². The Morgan fingerprint density at radius 1 is 1.19 bits per heavy atom. The average Bonchev–Trinajstić information content (AvgIpc) is 3.31. The van der Waals surface area contributed by atoms with Crippen LogP contribution < -0.4 is 0 Å². The summed E-state index contributed by atoms with van der Waals surface area (Å²) < 4.78 is 1.93. The van der Waals surface area contributed by atoms with Crippen molar-refractivity contribution >= 4 is 5.91 Å². The largest absolute Gasteiger partial charge is 0.338 e. The molecule has 3 aromatic rings. The molecular weight excluding hydrogens is 328 g/mol. The lowest BCUT2D eigenvalue weighted by Gasteiger charge is -2.16. The van der Waals surface area contributed by atoms with Gasteiger partial charge in [0, 0.05) is 56.7 Å². The number of aryl methyl sites for hydroxylation is 1. The summed E-state index contributed by atoms with van der Waals surface area (Å²) in [6.07, 6.45) is 12.3. The fourth-order valence-electron chi connectivity index (χ4n) is 3.38. The molecule has 1 unspecified atom stereocenters. The first-order chi connectivity index (χ1) is 12.7. The highest BCUT2D eigenvalue weighted by molar-refractivity contribution is 5.94. The third kappa shape index (κ3) is 3.33. The maximum absolute atomic E-state index is 12.6. The van der Waals surface area contributed by atoms with Crippen molar-refractivity contribution in [2.45, 2.75) is 12.8 Å². The Bertz CT molecular complexity index is 907. The summed E-state index contributed by atoms with van der Waals surface area (Å²) >= 11 is 0. The van der Waals surface area contributed by atoms with Crippen LogP contribution in [0.1, 0.15) is 22.5 Å². The van der Waals surface area contributed by atoms with Gasteiger partial charge in [-0.1, -0.05) is 0 Å². The van der Waals surface area contributed by atoms with Crippen molar-refractivity contribution in [3.05, 3.63) is 60.6 Å². The van der Waals surface area contributed by atoms with Crippen molar-refractivity contribution in [2.75, 3.05) is 13.1 Å². The van der Waals surface area contributed by atoms with E-state index in [-0.39, 0.29) is 5.91 Å². The molecule has 3 aromatic heterocycles. The number of rotatable bonds is 4. The van der Waals surface area contributed by atoms with Gasteiger partial charge in [0.25, 0.3) is 5.91 Å². The zero-order valence-corrected chi connectivity index (χ0v) is 14.6. The van der Waals surface area contributed by atoms with Gasteiger partial charge in [0.2, 0.25) is 0 Å². The quantitative estimate of drug-likeness (QED) is 0.720. The molecule has 1 aliphatic heterocycles. The molecule has 1 amide bonds. The van der Waals surface area contributed by atoms with Crippen LogP contribution in [0.3, 0.4) is 0 Å². The van der Waals surface area contributed by atoms with E-state index in [4.69, 9.17) is 4.98 Å². The number of likely N-dealkylation sites (tertiary alicyclic amines) is 1. The van der Waals surface area contributed by atoms with Crippen LogP contribution in [-0.2, 0) is 13.5 Å². The van der Waals surface area contributed by atoms with E-state index in [0.29, 0.717) is 11.5 Å². The van der Waals surface area contributed by atoms with E-state index in [2.05, 4.69) is 15.0 Å². The van der Waals surface area contributed by atoms with E-state index in [9.17, 15) is 4.79 Å². The summed E-state index contributed by atoms with van der Waals surface area (Å²) in [4.78, 5) is 31.8. The minimum atomic E-state index is 0.0720. The molecular formula is C19H20N6O. The molecule has 0 saturated carbocycles. The van der Waals surface area contributed by atoms with Gasteiger partial charge in [-0.15, -0.1) is 0 Å². The van der Waals surface area contributed by atoms with E-state index in [1.54, 1.807) is 43.1 Å². The zero-order chi connectivity index (χ0) is 17.9. The molecule has 1 aliphatic rings. The monoisotopic (exact) mass is 348 g/mol. The Balaban J connectivity index is 1.43. The van der Waals surface area contributed by atoms with Gasteiger partial charge < -0.3 is 9.47 Å². The predicted octanol–water partition coefficient (Wildman–Crippen LogP) is 1.98. The first-order valence-electron chi connectivity index (χ1n) is 8.68. The van der Waals surface area contributed by atoms with Crippen LogP contribution in [0.4, 0.5) is 0 Å². The number of carbonyl (C=O) groups is 1. The maximum Gasteiger partial charge on any atom is 0.253 e. The summed E-state index contributed by atoms with van der Waals surface area (Å²) in [5, 5.41) is 0. The molecule has 1 atom stereocenters. The van der Waals surface area contributed by atoms with Crippen molar-refractivity contribution in [1.29, 1.82) is 0 Å². The molecule has 1 saturated heterocycles. The second-order valence-corrected chi connectivity index (χ2v) is 6.60. The normalized spacial score (nSPS) is 16.8. The zero-order valence-electron chi connectivity index (χ0n) is 14.6. The molecule has 26 heavy (non-hydrogen) atoms. The third-order valence-electron chi connectivity index (χ3n) is 4.73. The van der Waals surface area contributed by atoms with Crippen molar-refractivity contribution in [1.82, 2.24) is 29.4 Å². The van der Waals surface area contributed by atoms with E-state index in [1.165, 1.54) is 0 Å². The van der Waals surface area contributed by atoms with Crippen molar-refractivity contribution in [3.8, 4) is 11.5 Å². The van der Waals surface area contributed by atoms with Crippen LogP contribution in [0.15, 0.2) is 49.3 Å². The lowest BCUT2D eigenvalue weighted by atomic mass is 10.0. The molecule has 4 heterocycles. The Morgan fingerprint density at radius 3 is 2.81 bits per heavy atom. The standard InChI is InChI=1S/C19H20N6O/c1-24-9-7-22-18(24)17-12-21-11-16(23-17)10-14-4-8-25(13-14)19(26)15-2-5-20-6-3-15/h2-3,5-7,9,11-12,14H,4,8,10,13H2,1H3. The molecule has 1 fully saturated rings. The van der Waals surface area contributed by atoms with Gasteiger partial charge in [-0.2, -0.15) is 0 Å². The number of amides is 1. The second-order valence-electron chi connectivity index (χ2n) is 6.60. The highest BCUT2D eigenvalue weighted by Crippen LogP contribution is 2.22. The Morgan fingerprint density at radius 2 is 2.04 bits per heavy atom.